The highest BCUT2D eigenvalue weighted by molar-refractivity contribution is 5.17. The summed E-state index contributed by atoms with van der Waals surface area (Å²) >= 11 is 0. The van der Waals surface area contributed by atoms with Gasteiger partial charge in [-0.1, -0.05) is 26.8 Å². The van der Waals surface area contributed by atoms with Gasteiger partial charge in [0.25, 0.3) is 0 Å². The first-order chi connectivity index (χ1) is 6.04. The van der Waals surface area contributed by atoms with Crippen LogP contribution in [-0.2, 0) is 11.8 Å². The topological polar surface area (TPSA) is 33.1 Å². The highest BCUT2D eigenvalue weighted by Gasteiger charge is 2.14. The highest BCUT2D eigenvalue weighted by Crippen LogP contribution is 2.19. The van der Waals surface area contributed by atoms with Gasteiger partial charge in [0.05, 0.1) is 0 Å². The molecule has 0 aliphatic heterocycles. The van der Waals surface area contributed by atoms with Crippen LogP contribution in [0.5, 0.6) is 0 Å². The quantitative estimate of drug-likeness (QED) is 0.752. The van der Waals surface area contributed by atoms with Crippen LogP contribution in [0.1, 0.15) is 32.2 Å². The lowest BCUT2D eigenvalue weighted by Crippen LogP contribution is -2.14. The molecule has 1 N–H and O–H groups in total. The molecule has 0 aliphatic carbocycles. The van der Waals surface area contributed by atoms with E-state index < -0.39 is 0 Å². The maximum atomic E-state index is 8.77. The first-order valence-corrected chi connectivity index (χ1v) is 4.61. The van der Waals surface area contributed by atoms with Gasteiger partial charge in [-0.3, -0.25) is 4.98 Å². The molecule has 0 radical (unpaired) electrons. The Bertz CT molecular complexity index is 276. The second-order valence-electron chi connectivity index (χ2n) is 4.24. The van der Waals surface area contributed by atoms with Crippen LogP contribution >= 0.6 is 0 Å². The summed E-state index contributed by atoms with van der Waals surface area (Å²) in [5.41, 5.74) is 2.14. The normalized spacial score (nSPS) is 11.7. The first kappa shape index (κ1) is 10.2. The molecule has 0 aliphatic rings. The summed E-state index contributed by atoms with van der Waals surface area (Å²) in [6.07, 6.45) is 0.643. The van der Waals surface area contributed by atoms with E-state index in [1.165, 1.54) is 0 Å². The molecule has 0 spiro atoms. The van der Waals surface area contributed by atoms with Crippen LogP contribution in [0.15, 0.2) is 18.2 Å². The predicted molar refractivity (Wildman–Crippen MR) is 53.7 cm³/mol. The minimum atomic E-state index is 0.0888. The third-order valence-electron chi connectivity index (χ3n) is 1.94. The van der Waals surface area contributed by atoms with Crippen LogP contribution in [-0.4, -0.2) is 16.7 Å². The molecular formula is C11H17NO. The summed E-state index contributed by atoms with van der Waals surface area (Å²) in [5.74, 6) is 0. The van der Waals surface area contributed by atoms with E-state index in [9.17, 15) is 0 Å². The van der Waals surface area contributed by atoms with E-state index in [1.54, 1.807) is 0 Å². The minimum absolute atomic E-state index is 0.0888. The number of rotatable bonds is 2. The fourth-order valence-electron chi connectivity index (χ4n) is 1.15. The van der Waals surface area contributed by atoms with E-state index in [0.717, 1.165) is 11.4 Å². The Labute approximate surface area is 79.6 Å². The monoisotopic (exact) mass is 179 g/mol. The Kier molecular flexibility index (Phi) is 3.04. The van der Waals surface area contributed by atoms with Gasteiger partial charge in [0.2, 0.25) is 0 Å². The van der Waals surface area contributed by atoms with Gasteiger partial charge in [0.15, 0.2) is 0 Å². The molecule has 0 fully saturated rings. The molecule has 0 saturated carbocycles. The lowest BCUT2D eigenvalue weighted by Gasteiger charge is -2.18. The van der Waals surface area contributed by atoms with Crippen molar-refractivity contribution < 1.29 is 5.11 Å². The number of hydrogen-bond donors (Lipinski definition) is 1. The van der Waals surface area contributed by atoms with Crippen molar-refractivity contribution in [2.75, 3.05) is 6.61 Å². The summed E-state index contributed by atoms with van der Waals surface area (Å²) in [6.45, 7) is 6.58. The lowest BCUT2D eigenvalue weighted by molar-refractivity contribution is 0.298. The van der Waals surface area contributed by atoms with Crippen LogP contribution in [0.3, 0.4) is 0 Å². The fraction of sp³-hybridized carbons (Fsp3) is 0.545. The first-order valence-electron chi connectivity index (χ1n) is 4.61. The highest BCUT2D eigenvalue weighted by atomic mass is 16.3. The van der Waals surface area contributed by atoms with Crippen molar-refractivity contribution in [2.45, 2.75) is 32.6 Å². The molecule has 0 aromatic carbocycles. The van der Waals surface area contributed by atoms with Crippen molar-refractivity contribution >= 4 is 0 Å². The lowest BCUT2D eigenvalue weighted by atomic mass is 9.91. The summed E-state index contributed by atoms with van der Waals surface area (Å²) in [7, 11) is 0. The zero-order valence-electron chi connectivity index (χ0n) is 8.54. The van der Waals surface area contributed by atoms with Crippen molar-refractivity contribution in [3.8, 4) is 0 Å². The SMILES string of the molecule is CC(C)(C)c1cccc(CCO)n1. The molecule has 2 heteroatoms. The molecule has 1 aromatic heterocycles. The van der Waals surface area contributed by atoms with Gasteiger partial charge < -0.3 is 5.11 Å². The molecule has 1 rings (SSSR count). The minimum Gasteiger partial charge on any atom is -0.396 e. The summed E-state index contributed by atoms with van der Waals surface area (Å²) in [4.78, 5) is 4.47. The fourth-order valence-corrected chi connectivity index (χ4v) is 1.15. The van der Waals surface area contributed by atoms with Crippen molar-refractivity contribution in [1.82, 2.24) is 4.98 Å². The third-order valence-corrected chi connectivity index (χ3v) is 1.94. The summed E-state index contributed by atoms with van der Waals surface area (Å²) in [6, 6.07) is 5.98. The molecule has 1 heterocycles. The van der Waals surface area contributed by atoms with E-state index in [0.29, 0.717) is 6.42 Å². The summed E-state index contributed by atoms with van der Waals surface area (Å²) in [5, 5.41) is 8.77. The largest absolute Gasteiger partial charge is 0.396 e. The Morgan fingerprint density at radius 3 is 2.54 bits per heavy atom. The van der Waals surface area contributed by atoms with E-state index in [4.69, 9.17) is 5.11 Å². The van der Waals surface area contributed by atoms with Gasteiger partial charge in [0.1, 0.15) is 0 Å². The third kappa shape index (κ3) is 2.81. The zero-order chi connectivity index (χ0) is 9.90. The molecule has 0 unspecified atom stereocenters. The molecule has 1 aromatic rings. The number of aliphatic hydroxyl groups is 1. The number of aliphatic hydroxyl groups excluding tert-OH is 1. The Morgan fingerprint density at radius 1 is 1.31 bits per heavy atom. The average molecular weight is 179 g/mol. The van der Waals surface area contributed by atoms with Gasteiger partial charge in [-0.15, -0.1) is 0 Å². The second kappa shape index (κ2) is 3.88. The predicted octanol–water partition coefficient (Wildman–Crippen LogP) is 1.91. The van der Waals surface area contributed by atoms with Crippen molar-refractivity contribution in [3.63, 3.8) is 0 Å². The van der Waals surface area contributed by atoms with E-state index in [2.05, 4.69) is 25.8 Å². The Balaban J connectivity index is 2.92. The molecule has 0 saturated heterocycles. The van der Waals surface area contributed by atoms with E-state index >= 15 is 0 Å². The second-order valence-corrected chi connectivity index (χ2v) is 4.24. The van der Waals surface area contributed by atoms with Crippen LogP contribution < -0.4 is 0 Å². The Hall–Kier alpha value is -0.890. The van der Waals surface area contributed by atoms with Crippen LogP contribution in [0.25, 0.3) is 0 Å². The van der Waals surface area contributed by atoms with Crippen LogP contribution in [0.4, 0.5) is 0 Å². The number of nitrogens with zero attached hydrogens (tertiary/aromatic N) is 1. The van der Waals surface area contributed by atoms with Gasteiger partial charge in [-0.25, -0.2) is 0 Å². The molecule has 2 nitrogen and oxygen atoms in total. The molecule has 72 valence electrons. The van der Waals surface area contributed by atoms with Crippen LogP contribution in [0, 0.1) is 0 Å². The summed E-state index contributed by atoms with van der Waals surface area (Å²) < 4.78 is 0. The number of aromatic nitrogens is 1. The van der Waals surface area contributed by atoms with Gasteiger partial charge in [-0.2, -0.15) is 0 Å². The molecule has 0 bridgehead atoms. The number of pyridine rings is 1. The number of hydrogen-bond acceptors (Lipinski definition) is 2. The molecular weight excluding hydrogens is 162 g/mol. The van der Waals surface area contributed by atoms with Crippen molar-refractivity contribution in [3.05, 3.63) is 29.6 Å². The standard InChI is InChI=1S/C11H17NO/c1-11(2,3)10-6-4-5-9(12-10)7-8-13/h4-6,13H,7-8H2,1-3H3. The zero-order valence-corrected chi connectivity index (χ0v) is 8.54. The average Bonchev–Trinajstić information content (AvgIpc) is 2.04. The van der Waals surface area contributed by atoms with E-state index in [1.807, 2.05) is 18.2 Å². The molecule has 13 heavy (non-hydrogen) atoms. The van der Waals surface area contributed by atoms with Gasteiger partial charge in [-0.05, 0) is 12.1 Å². The van der Waals surface area contributed by atoms with Gasteiger partial charge in [0, 0.05) is 29.8 Å². The smallest absolute Gasteiger partial charge is 0.0486 e. The molecule has 0 atom stereocenters. The van der Waals surface area contributed by atoms with Crippen LogP contribution in [0.2, 0.25) is 0 Å². The van der Waals surface area contributed by atoms with Crippen molar-refractivity contribution in [2.24, 2.45) is 0 Å². The Morgan fingerprint density at radius 2 is 2.00 bits per heavy atom. The van der Waals surface area contributed by atoms with Crippen molar-refractivity contribution in [1.29, 1.82) is 0 Å². The maximum Gasteiger partial charge on any atom is 0.0486 e. The van der Waals surface area contributed by atoms with E-state index in [-0.39, 0.29) is 12.0 Å². The maximum absolute atomic E-state index is 8.77. The molecule has 0 amide bonds. The van der Waals surface area contributed by atoms with Gasteiger partial charge >= 0.3 is 0 Å².